The Balaban J connectivity index is 1.49. The maximum atomic E-state index is 11.9. The van der Waals surface area contributed by atoms with Gasteiger partial charge in [0, 0.05) is 15.9 Å². The average Bonchev–Trinajstić information content (AvgIpc) is 2.92. The van der Waals surface area contributed by atoms with E-state index in [4.69, 9.17) is 0 Å². The monoisotopic (exact) mass is 392 g/mol. The van der Waals surface area contributed by atoms with Crippen LogP contribution >= 0.6 is 39.0 Å². The topological polar surface area (TPSA) is 42.0 Å². The van der Waals surface area contributed by atoms with E-state index in [1.807, 2.05) is 42.5 Å². The van der Waals surface area contributed by atoms with Gasteiger partial charge in [0.1, 0.15) is 5.01 Å². The van der Waals surface area contributed by atoms with Crippen LogP contribution < -0.4 is 5.32 Å². The van der Waals surface area contributed by atoms with E-state index in [0.717, 1.165) is 26.4 Å². The molecule has 1 amide bonds. The first kappa shape index (κ1) is 15.5. The van der Waals surface area contributed by atoms with Crippen molar-refractivity contribution in [1.82, 2.24) is 4.98 Å². The second kappa shape index (κ2) is 7.26. The first-order chi connectivity index (χ1) is 10.7. The molecular weight excluding hydrogens is 380 g/mol. The maximum Gasteiger partial charge on any atom is 0.234 e. The number of fused-ring (bicyclic) bond motifs is 1. The lowest BCUT2D eigenvalue weighted by atomic mass is 10.3. The van der Waals surface area contributed by atoms with Crippen LogP contribution in [0, 0.1) is 0 Å². The summed E-state index contributed by atoms with van der Waals surface area (Å²) in [5, 5.41) is 3.94. The number of anilines is 1. The summed E-state index contributed by atoms with van der Waals surface area (Å²) in [6.45, 7) is 0. The number of hydrogen-bond acceptors (Lipinski definition) is 4. The van der Waals surface area contributed by atoms with Crippen molar-refractivity contribution in [2.75, 3.05) is 11.1 Å². The van der Waals surface area contributed by atoms with E-state index in [2.05, 4.69) is 32.3 Å². The molecule has 0 aliphatic carbocycles. The smallest absolute Gasteiger partial charge is 0.234 e. The first-order valence-electron chi connectivity index (χ1n) is 6.68. The average molecular weight is 393 g/mol. The predicted octanol–water partition coefficient (Wildman–Crippen LogP) is 4.93. The number of para-hydroxylation sites is 1. The summed E-state index contributed by atoms with van der Waals surface area (Å²) in [7, 11) is 0. The standard InChI is InChI=1S/C16H13BrN2OS2/c17-11-5-7-12(8-6-11)18-15(20)9-21-10-16-19-13-3-1-2-4-14(13)22-16/h1-8H,9-10H2,(H,18,20). The molecule has 22 heavy (non-hydrogen) atoms. The number of nitrogens with one attached hydrogen (secondary N) is 1. The molecule has 0 radical (unpaired) electrons. The van der Waals surface area contributed by atoms with Gasteiger partial charge in [-0.3, -0.25) is 4.79 Å². The molecule has 3 aromatic rings. The lowest BCUT2D eigenvalue weighted by Crippen LogP contribution is -2.14. The molecule has 112 valence electrons. The second-order valence-corrected chi connectivity index (χ2v) is 7.64. The third-order valence-electron chi connectivity index (χ3n) is 2.92. The lowest BCUT2D eigenvalue weighted by Gasteiger charge is -2.04. The highest BCUT2D eigenvalue weighted by Gasteiger charge is 2.06. The van der Waals surface area contributed by atoms with Crippen LogP contribution in [0.5, 0.6) is 0 Å². The van der Waals surface area contributed by atoms with Gasteiger partial charge in [-0.2, -0.15) is 0 Å². The van der Waals surface area contributed by atoms with Gasteiger partial charge >= 0.3 is 0 Å². The number of benzene rings is 2. The van der Waals surface area contributed by atoms with Crippen LogP contribution in [0.15, 0.2) is 53.0 Å². The Hall–Kier alpha value is -1.37. The van der Waals surface area contributed by atoms with Gasteiger partial charge in [-0.15, -0.1) is 23.1 Å². The van der Waals surface area contributed by atoms with Crippen molar-refractivity contribution in [3.05, 3.63) is 58.0 Å². The van der Waals surface area contributed by atoms with Gasteiger partial charge in [-0.1, -0.05) is 28.1 Å². The van der Waals surface area contributed by atoms with Crippen molar-refractivity contribution >= 4 is 60.8 Å². The highest BCUT2D eigenvalue weighted by atomic mass is 79.9. The molecule has 0 fully saturated rings. The van der Waals surface area contributed by atoms with E-state index in [1.54, 1.807) is 23.1 Å². The van der Waals surface area contributed by atoms with E-state index < -0.39 is 0 Å². The summed E-state index contributed by atoms with van der Waals surface area (Å²) in [6.07, 6.45) is 0. The molecule has 0 bridgehead atoms. The summed E-state index contributed by atoms with van der Waals surface area (Å²) < 4.78 is 2.19. The van der Waals surface area contributed by atoms with E-state index >= 15 is 0 Å². The van der Waals surface area contributed by atoms with E-state index in [1.165, 1.54) is 4.70 Å². The Morgan fingerprint density at radius 1 is 1.18 bits per heavy atom. The number of thiazole rings is 1. The summed E-state index contributed by atoms with van der Waals surface area (Å²) in [4.78, 5) is 16.5. The molecule has 0 saturated carbocycles. The van der Waals surface area contributed by atoms with Gasteiger partial charge in [-0.05, 0) is 36.4 Å². The maximum absolute atomic E-state index is 11.9. The zero-order chi connectivity index (χ0) is 15.4. The number of nitrogens with zero attached hydrogens (tertiary/aromatic N) is 1. The normalized spacial score (nSPS) is 10.8. The number of amides is 1. The molecule has 1 N–H and O–H groups in total. The van der Waals surface area contributed by atoms with Crippen LogP contribution in [-0.2, 0) is 10.5 Å². The molecule has 3 nitrogen and oxygen atoms in total. The highest BCUT2D eigenvalue weighted by Crippen LogP contribution is 2.24. The molecule has 6 heteroatoms. The summed E-state index contributed by atoms with van der Waals surface area (Å²) in [6, 6.07) is 15.7. The number of carbonyl (C=O) groups excluding carboxylic acids is 1. The summed E-state index contributed by atoms with van der Waals surface area (Å²) in [5.74, 6) is 1.19. The van der Waals surface area contributed by atoms with Crippen molar-refractivity contribution in [2.24, 2.45) is 0 Å². The molecule has 1 aromatic heterocycles. The van der Waals surface area contributed by atoms with Crippen molar-refractivity contribution in [1.29, 1.82) is 0 Å². The van der Waals surface area contributed by atoms with Crippen molar-refractivity contribution in [3.63, 3.8) is 0 Å². The van der Waals surface area contributed by atoms with E-state index in [0.29, 0.717) is 5.75 Å². The fourth-order valence-electron chi connectivity index (χ4n) is 1.94. The number of hydrogen-bond donors (Lipinski definition) is 1. The van der Waals surface area contributed by atoms with Crippen LogP contribution in [0.4, 0.5) is 5.69 Å². The second-order valence-electron chi connectivity index (χ2n) is 4.62. The van der Waals surface area contributed by atoms with Gasteiger partial charge < -0.3 is 5.32 Å². The van der Waals surface area contributed by atoms with Crippen LogP contribution in [0.3, 0.4) is 0 Å². The van der Waals surface area contributed by atoms with Gasteiger partial charge in [0.25, 0.3) is 0 Å². The quantitative estimate of drug-likeness (QED) is 0.668. The number of rotatable bonds is 5. The van der Waals surface area contributed by atoms with E-state index in [-0.39, 0.29) is 5.91 Å². The van der Waals surface area contributed by atoms with Gasteiger partial charge in [0.05, 0.1) is 16.0 Å². The third kappa shape index (κ3) is 4.09. The Morgan fingerprint density at radius 2 is 1.95 bits per heavy atom. The Morgan fingerprint density at radius 3 is 2.73 bits per heavy atom. The van der Waals surface area contributed by atoms with Crippen molar-refractivity contribution < 1.29 is 4.79 Å². The minimum Gasteiger partial charge on any atom is -0.325 e. The number of halogens is 1. The largest absolute Gasteiger partial charge is 0.325 e. The SMILES string of the molecule is O=C(CSCc1nc2ccccc2s1)Nc1ccc(Br)cc1. The molecule has 2 aromatic carbocycles. The van der Waals surface area contributed by atoms with Gasteiger partial charge in [-0.25, -0.2) is 4.98 Å². The molecule has 0 aliphatic heterocycles. The molecule has 3 rings (SSSR count). The fourth-order valence-corrected chi connectivity index (χ4v) is 4.05. The third-order valence-corrected chi connectivity index (χ3v) is 5.62. The van der Waals surface area contributed by atoms with Gasteiger partial charge in [0.2, 0.25) is 5.91 Å². The number of carbonyl (C=O) groups is 1. The molecular formula is C16H13BrN2OS2. The summed E-state index contributed by atoms with van der Waals surface area (Å²) >= 11 is 6.64. The van der Waals surface area contributed by atoms with E-state index in [9.17, 15) is 4.79 Å². The molecule has 0 spiro atoms. The van der Waals surface area contributed by atoms with Crippen LogP contribution in [0.25, 0.3) is 10.2 Å². The van der Waals surface area contributed by atoms with Gasteiger partial charge in [0.15, 0.2) is 0 Å². The number of aromatic nitrogens is 1. The molecule has 0 atom stereocenters. The van der Waals surface area contributed by atoms with Crippen LogP contribution in [0.2, 0.25) is 0 Å². The zero-order valence-corrected chi connectivity index (χ0v) is 14.8. The highest BCUT2D eigenvalue weighted by molar-refractivity contribution is 9.10. The number of thioether (sulfide) groups is 1. The summed E-state index contributed by atoms with van der Waals surface area (Å²) in [5.41, 5.74) is 1.84. The molecule has 0 unspecified atom stereocenters. The zero-order valence-electron chi connectivity index (χ0n) is 11.6. The Labute approximate surface area is 145 Å². The Bertz CT molecular complexity index is 753. The van der Waals surface area contributed by atoms with Crippen LogP contribution in [-0.4, -0.2) is 16.6 Å². The fraction of sp³-hybridized carbons (Fsp3) is 0.125. The first-order valence-corrected chi connectivity index (χ1v) is 9.45. The predicted molar refractivity (Wildman–Crippen MR) is 98.6 cm³/mol. The molecule has 0 saturated heterocycles. The minimum absolute atomic E-state index is 0.00781. The van der Waals surface area contributed by atoms with Crippen molar-refractivity contribution in [2.45, 2.75) is 5.75 Å². The van der Waals surface area contributed by atoms with Crippen molar-refractivity contribution in [3.8, 4) is 0 Å². The molecule has 0 aliphatic rings. The lowest BCUT2D eigenvalue weighted by molar-refractivity contribution is -0.113. The van der Waals surface area contributed by atoms with Crippen LogP contribution in [0.1, 0.15) is 5.01 Å². The molecule has 1 heterocycles. The minimum atomic E-state index is 0.00781. The Kier molecular flexibility index (Phi) is 5.12.